The number of hydrogen-bond acceptors (Lipinski definition) is 1. The maximum Gasteiger partial charge on any atom is 0.100 e. The Morgan fingerprint density at radius 3 is 2.00 bits per heavy atom. The Bertz CT molecular complexity index is 1110. The smallest absolute Gasteiger partial charge is 0.100 e. The van der Waals surface area contributed by atoms with Gasteiger partial charge in [-0.05, 0) is 29.0 Å². The highest BCUT2D eigenvalue weighted by molar-refractivity contribution is 6.08. The molecule has 2 heteroatoms. The first-order valence-corrected chi connectivity index (χ1v) is 7.75. The molecule has 0 bridgehead atoms. The van der Waals surface area contributed by atoms with Crippen molar-refractivity contribution in [3.8, 4) is 5.69 Å². The lowest BCUT2D eigenvalue weighted by Crippen LogP contribution is -1.95. The molecule has 108 valence electrons. The van der Waals surface area contributed by atoms with E-state index in [0.29, 0.717) is 0 Å². The van der Waals surface area contributed by atoms with Crippen molar-refractivity contribution in [3.63, 3.8) is 0 Å². The molecule has 0 atom stereocenters. The maximum atomic E-state index is 4.57. The molecule has 0 aliphatic heterocycles. The van der Waals surface area contributed by atoms with Gasteiger partial charge in [-0.15, -0.1) is 0 Å². The van der Waals surface area contributed by atoms with Crippen molar-refractivity contribution >= 4 is 32.6 Å². The summed E-state index contributed by atoms with van der Waals surface area (Å²) in [5.74, 6) is 0. The van der Waals surface area contributed by atoms with E-state index in [9.17, 15) is 0 Å². The fourth-order valence-electron chi connectivity index (χ4n) is 3.39. The summed E-state index contributed by atoms with van der Waals surface area (Å²) in [5.41, 5.74) is 3.35. The van der Waals surface area contributed by atoms with E-state index in [1.54, 1.807) is 0 Å². The highest BCUT2D eigenvalue weighted by atomic mass is 15.0. The highest BCUT2D eigenvalue weighted by Gasteiger charge is 2.11. The predicted octanol–water partition coefficient (Wildman–Crippen LogP) is 5.33. The SMILES string of the molecule is c1ccc2c(-n3cnc4ccccc43)c3ccccc3cc2c1. The van der Waals surface area contributed by atoms with Crippen LogP contribution >= 0.6 is 0 Å². The van der Waals surface area contributed by atoms with E-state index in [1.807, 2.05) is 12.4 Å². The lowest BCUT2D eigenvalue weighted by atomic mass is 10.0. The Kier molecular flexibility index (Phi) is 2.53. The standard InChI is InChI=1S/C21H14N2/c1-3-9-17-15(7-1)13-16-8-2-4-10-18(16)21(17)23-14-22-19-11-5-6-12-20(19)23/h1-14H. The molecule has 0 saturated carbocycles. The average molecular weight is 294 g/mol. The molecular weight excluding hydrogens is 280 g/mol. The molecule has 4 aromatic carbocycles. The molecule has 0 N–H and O–H groups in total. The molecular formula is C21H14N2. The van der Waals surface area contributed by atoms with E-state index in [2.05, 4.69) is 82.3 Å². The van der Waals surface area contributed by atoms with Gasteiger partial charge in [-0.25, -0.2) is 4.98 Å². The number of aromatic nitrogens is 2. The van der Waals surface area contributed by atoms with Crippen LogP contribution in [0.1, 0.15) is 0 Å². The molecule has 0 saturated heterocycles. The average Bonchev–Trinajstić information content (AvgIpc) is 3.03. The van der Waals surface area contributed by atoms with Crippen LogP contribution in [0.25, 0.3) is 38.3 Å². The lowest BCUT2D eigenvalue weighted by Gasteiger charge is -2.13. The minimum absolute atomic E-state index is 1.02. The zero-order chi connectivity index (χ0) is 15.2. The summed E-state index contributed by atoms with van der Waals surface area (Å²) < 4.78 is 2.21. The second-order valence-corrected chi connectivity index (χ2v) is 5.77. The zero-order valence-electron chi connectivity index (χ0n) is 12.5. The second kappa shape index (κ2) is 4.68. The number of benzene rings is 4. The molecule has 0 amide bonds. The fourth-order valence-corrected chi connectivity index (χ4v) is 3.39. The van der Waals surface area contributed by atoms with Gasteiger partial charge >= 0.3 is 0 Å². The Morgan fingerprint density at radius 2 is 1.26 bits per heavy atom. The quantitative estimate of drug-likeness (QED) is 0.382. The van der Waals surface area contributed by atoms with Crippen LogP contribution in [0.5, 0.6) is 0 Å². The molecule has 2 nitrogen and oxygen atoms in total. The molecule has 0 aliphatic carbocycles. The molecule has 1 aromatic heterocycles. The molecule has 5 rings (SSSR count). The van der Waals surface area contributed by atoms with Gasteiger partial charge in [-0.1, -0.05) is 60.7 Å². The van der Waals surface area contributed by atoms with Gasteiger partial charge in [0.25, 0.3) is 0 Å². The molecule has 0 aliphatic rings. The van der Waals surface area contributed by atoms with Gasteiger partial charge in [0.2, 0.25) is 0 Å². The van der Waals surface area contributed by atoms with Crippen LogP contribution in [-0.4, -0.2) is 9.55 Å². The van der Waals surface area contributed by atoms with Crippen LogP contribution in [0.15, 0.2) is 85.2 Å². The van der Waals surface area contributed by atoms with Crippen LogP contribution in [0.4, 0.5) is 0 Å². The van der Waals surface area contributed by atoms with Gasteiger partial charge in [0, 0.05) is 10.8 Å². The Labute approximate surface area is 133 Å². The highest BCUT2D eigenvalue weighted by Crippen LogP contribution is 2.33. The van der Waals surface area contributed by atoms with Gasteiger partial charge in [0.15, 0.2) is 0 Å². The van der Waals surface area contributed by atoms with Crippen molar-refractivity contribution < 1.29 is 0 Å². The minimum Gasteiger partial charge on any atom is -0.298 e. The Balaban J connectivity index is 2.02. The molecule has 0 unspecified atom stereocenters. The summed E-state index contributed by atoms with van der Waals surface area (Å²) in [4.78, 5) is 4.57. The van der Waals surface area contributed by atoms with Crippen LogP contribution in [0, 0.1) is 0 Å². The Hall–Kier alpha value is -3.13. The molecule has 1 heterocycles. The summed E-state index contributed by atoms with van der Waals surface area (Å²) >= 11 is 0. The van der Waals surface area contributed by atoms with Crippen molar-refractivity contribution in [3.05, 3.63) is 85.2 Å². The predicted molar refractivity (Wildman–Crippen MR) is 96.1 cm³/mol. The fraction of sp³-hybridized carbons (Fsp3) is 0. The van der Waals surface area contributed by atoms with E-state index in [4.69, 9.17) is 0 Å². The van der Waals surface area contributed by atoms with Crippen molar-refractivity contribution in [1.29, 1.82) is 0 Å². The molecule has 0 fully saturated rings. The minimum atomic E-state index is 1.02. The largest absolute Gasteiger partial charge is 0.298 e. The third-order valence-electron chi connectivity index (χ3n) is 4.44. The van der Waals surface area contributed by atoms with E-state index in [0.717, 1.165) is 11.0 Å². The number of nitrogens with zero attached hydrogens (tertiary/aromatic N) is 2. The first kappa shape index (κ1) is 12.4. The van der Waals surface area contributed by atoms with Crippen LogP contribution in [0.3, 0.4) is 0 Å². The number of imidazole rings is 1. The number of hydrogen-bond donors (Lipinski definition) is 0. The normalized spacial score (nSPS) is 11.5. The van der Waals surface area contributed by atoms with Crippen molar-refractivity contribution in [2.75, 3.05) is 0 Å². The summed E-state index contributed by atoms with van der Waals surface area (Å²) in [7, 11) is 0. The van der Waals surface area contributed by atoms with E-state index in [-0.39, 0.29) is 0 Å². The van der Waals surface area contributed by atoms with E-state index in [1.165, 1.54) is 27.2 Å². The van der Waals surface area contributed by atoms with Crippen molar-refractivity contribution in [1.82, 2.24) is 9.55 Å². The zero-order valence-corrected chi connectivity index (χ0v) is 12.5. The maximum absolute atomic E-state index is 4.57. The summed E-state index contributed by atoms with van der Waals surface area (Å²) in [6, 6.07) is 27.6. The monoisotopic (exact) mass is 294 g/mol. The number of fused-ring (bicyclic) bond motifs is 3. The van der Waals surface area contributed by atoms with Gasteiger partial charge in [0.05, 0.1) is 16.7 Å². The third-order valence-corrected chi connectivity index (χ3v) is 4.44. The topological polar surface area (TPSA) is 17.8 Å². The third kappa shape index (κ3) is 1.78. The molecule has 5 aromatic rings. The summed E-state index contributed by atoms with van der Waals surface area (Å²) in [5, 5.41) is 4.99. The lowest BCUT2D eigenvalue weighted by molar-refractivity contribution is 1.12. The first-order chi connectivity index (χ1) is 11.4. The Morgan fingerprint density at radius 1 is 0.652 bits per heavy atom. The van der Waals surface area contributed by atoms with Gasteiger partial charge in [-0.2, -0.15) is 0 Å². The summed E-state index contributed by atoms with van der Waals surface area (Å²) in [6.45, 7) is 0. The molecule has 0 spiro atoms. The van der Waals surface area contributed by atoms with Crippen molar-refractivity contribution in [2.24, 2.45) is 0 Å². The van der Waals surface area contributed by atoms with Gasteiger partial charge in [0.1, 0.15) is 6.33 Å². The number of rotatable bonds is 1. The summed E-state index contributed by atoms with van der Waals surface area (Å²) in [6.07, 6.45) is 1.93. The van der Waals surface area contributed by atoms with Crippen LogP contribution in [0.2, 0.25) is 0 Å². The van der Waals surface area contributed by atoms with Crippen LogP contribution in [-0.2, 0) is 0 Å². The van der Waals surface area contributed by atoms with E-state index >= 15 is 0 Å². The second-order valence-electron chi connectivity index (χ2n) is 5.77. The van der Waals surface area contributed by atoms with Gasteiger partial charge < -0.3 is 0 Å². The van der Waals surface area contributed by atoms with E-state index < -0.39 is 0 Å². The van der Waals surface area contributed by atoms with Gasteiger partial charge in [-0.3, -0.25) is 4.57 Å². The molecule has 0 radical (unpaired) electrons. The first-order valence-electron chi connectivity index (χ1n) is 7.75. The van der Waals surface area contributed by atoms with Crippen molar-refractivity contribution in [2.45, 2.75) is 0 Å². The number of para-hydroxylation sites is 2. The van der Waals surface area contributed by atoms with Crippen LogP contribution < -0.4 is 0 Å². The molecule has 23 heavy (non-hydrogen) atoms.